The molecule has 0 aliphatic carbocycles. The quantitative estimate of drug-likeness (QED) is 0.850. The van der Waals surface area contributed by atoms with Crippen molar-refractivity contribution in [1.82, 2.24) is 10.6 Å². The Labute approximate surface area is 153 Å². The van der Waals surface area contributed by atoms with Crippen LogP contribution in [0.3, 0.4) is 0 Å². The molecular weight excluding hydrogens is 339 g/mol. The van der Waals surface area contributed by atoms with Gasteiger partial charge in [0, 0.05) is 18.2 Å². The Balaban J connectivity index is 0.00000182. The molecular formula is C20H22ClFN2O. The second kappa shape index (κ2) is 7.14. The molecule has 1 spiro atoms. The molecule has 2 aliphatic heterocycles. The topological polar surface area (TPSA) is 41.1 Å². The lowest BCUT2D eigenvalue weighted by molar-refractivity contribution is -0.129. The van der Waals surface area contributed by atoms with Gasteiger partial charge >= 0.3 is 0 Å². The summed E-state index contributed by atoms with van der Waals surface area (Å²) >= 11 is 0. The first-order chi connectivity index (χ1) is 11.7. The Bertz CT molecular complexity index is 782. The summed E-state index contributed by atoms with van der Waals surface area (Å²) in [5, 5.41) is 6.54. The highest BCUT2D eigenvalue weighted by molar-refractivity contribution is 5.87. The van der Waals surface area contributed by atoms with Crippen LogP contribution in [0, 0.1) is 5.82 Å². The van der Waals surface area contributed by atoms with Crippen LogP contribution in [-0.2, 0) is 4.79 Å². The normalized spacial score (nSPS) is 25.5. The summed E-state index contributed by atoms with van der Waals surface area (Å²) in [4.78, 5) is 12.3. The Morgan fingerprint density at radius 2 is 1.92 bits per heavy atom. The van der Waals surface area contributed by atoms with Crippen molar-refractivity contribution >= 4 is 18.3 Å². The maximum Gasteiger partial charge on any atom is 0.240 e. The fraction of sp³-hybridized carbons (Fsp3) is 0.350. The maximum atomic E-state index is 14.1. The number of amides is 1. The lowest BCUT2D eigenvalue weighted by atomic mass is 9.88. The standard InChI is InChI=1S/C20H21FN2O.ClH/c21-17-8-2-1-7-16(17)14-5-3-6-15(13-14)18-9-11-20(23-18)10-4-12-22-19(20)24;/h1-3,5-8,13,18,23H,4,9-12H2,(H,22,24);1H/t18-,20-;/m1./s1. The largest absolute Gasteiger partial charge is 0.354 e. The van der Waals surface area contributed by atoms with Gasteiger partial charge in [-0.1, -0.05) is 36.4 Å². The smallest absolute Gasteiger partial charge is 0.240 e. The molecule has 2 N–H and O–H groups in total. The van der Waals surface area contributed by atoms with Crippen LogP contribution in [0.1, 0.15) is 37.3 Å². The van der Waals surface area contributed by atoms with Crippen LogP contribution in [0.4, 0.5) is 4.39 Å². The van der Waals surface area contributed by atoms with Gasteiger partial charge in [0.2, 0.25) is 5.91 Å². The summed E-state index contributed by atoms with van der Waals surface area (Å²) in [6.07, 6.45) is 3.69. The van der Waals surface area contributed by atoms with Crippen molar-refractivity contribution in [1.29, 1.82) is 0 Å². The maximum absolute atomic E-state index is 14.1. The number of hydrogen-bond acceptors (Lipinski definition) is 2. The zero-order valence-corrected chi connectivity index (χ0v) is 14.7. The molecule has 2 aliphatic rings. The predicted octanol–water partition coefficient (Wildman–Crippen LogP) is 3.99. The summed E-state index contributed by atoms with van der Waals surface area (Å²) in [5.41, 5.74) is 2.19. The lowest BCUT2D eigenvalue weighted by Crippen LogP contribution is -2.57. The van der Waals surface area contributed by atoms with Gasteiger partial charge in [-0.3, -0.25) is 10.1 Å². The molecule has 5 heteroatoms. The molecule has 25 heavy (non-hydrogen) atoms. The molecule has 2 atom stereocenters. The molecule has 0 bridgehead atoms. The average Bonchev–Trinajstić information content (AvgIpc) is 3.03. The summed E-state index contributed by atoms with van der Waals surface area (Å²) in [5.74, 6) is -0.0846. The Kier molecular flexibility index (Phi) is 5.11. The molecule has 2 fully saturated rings. The molecule has 2 aromatic rings. The van der Waals surface area contributed by atoms with Gasteiger partial charge < -0.3 is 5.32 Å². The van der Waals surface area contributed by atoms with Crippen molar-refractivity contribution in [2.24, 2.45) is 0 Å². The minimum absolute atomic E-state index is 0. The zero-order chi connectivity index (χ0) is 16.6. The molecule has 2 aromatic carbocycles. The number of rotatable bonds is 2. The minimum atomic E-state index is -0.420. The van der Waals surface area contributed by atoms with Crippen LogP contribution in [0.15, 0.2) is 48.5 Å². The van der Waals surface area contributed by atoms with E-state index >= 15 is 0 Å². The summed E-state index contributed by atoms with van der Waals surface area (Å²) in [7, 11) is 0. The Morgan fingerprint density at radius 3 is 2.72 bits per heavy atom. The van der Waals surface area contributed by atoms with E-state index < -0.39 is 5.54 Å². The summed E-state index contributed by atoms with van der Waals surface area (Å²) < 4.78 is 14.1. The van der Waals surface area contributed by atoms with Crippen molar-refractivity contribution in [2.45, 2.75) is 37.3 Å². The zero-order valence-electron chi connectivity index (χ0n) is 13.9. The van der Waals surface area contributed by atoms with Gasteiger partial charge in [0.1, 0.15) is 5.82 Å². The van der Waals surface area contributed by atoms with Crippen LogP contribution in [-0.4, -0.2) is 18.0 Å². The number of hydrogen-bond donors (Lipinski definition) is 2. The van der Waals surface area contributed by atoms with E-state index in [0.29, 0.717) is 5.56 Å². The first-order valence-electron chi connectivity index (χ1n) is 8.59. The van der Waals surface area contributed by atoms with E-state index in [-0.39, 0.29) is 30.2 Å². The van der Waals surface area contributed by atoms with Gasteiger partial charge in [-0.25, -0.2) is 4.39 Å². The summed E-state index contributed by atoms with van der Waals surface area (Å²) in [6, 6.07) is 15.0. The lowest BCUT2D eigenvalue weighted by Gasteiger charge is -2.33. The molecule has 4 rings (SSSR count). The highest BCUT2D eigenvalue weighted by Gasteiger charge is 2.46. The molecule has 1 amide bonds. The molecule has 2 heterocycles. The van der Waals surface area contributed by atoms with Crippen molar-refractivity contribution in [3.8, 4) is 11.1 Å². The summed E-state index contributed by atoms with van der Waals surface area (Å²) in [6.45, 7) is 0.774. The first-order valence-corrected chi connectivity index (χ1v) is 8.59. The monoisotopic (exact) mass is 360 g/mol. The van der Waals surface area contributed by atoms with Gasteiger partial charge in [-0.05, 0) is 48.9 Å². The molecule has 0 radical (unpaired) electrons. The van der Waals surface area contributed by atoms with Crippen LogP contribution in [0.25, 0.3) is 11.1 Å². The highest BCUT2D eigenvalue weighted by atomic mass is 35.5. The van der Waals surface area contributed by atoms with Crippen LogP contribution in [0.5, 0.6) is 0 Å². The number of nitrogens with one attached hydrogen (secondary N) is 2. The van der Waals surface area contributed by atoms with E-state index in [1.807, 2.05) is 24.3 Å². The minimum Gasteiger partial charge on any atom is -0.354 e. The number of carbonyl (C=O) groups is 1. The van der Waals surface area contributed by atoms with Gasteiger partial charge in [-0.15, -0.1) is 12.4 Å². The molecule has 3 nitrogen and oxygen atoms in total. The van der Waals surface area contributed by atoms with Crippen molar-refractivity contribution in [3.63, 3.8) is 0 Å². The van der Waals surface area contributed by atoms with E-state index in [9.17, 15) is 9.18 Å². The van der Waals surface area contributed by atoms with E-state index in [4.69, 9.17) is 0 Å². The van der Waals surface area contributed by atoms with Gasteiger partial charge in [0.05, 0.1) is 5.54 Å². The van der Waals surface area contributed by atoms with E-state index in [1.54, 1.807) is 12.1 Å². The van der Waals surface area contributed by atoms with Gasteiger partial charge in [0.15, 0.2) is 0 Å². The Morgan fingerprint density at radius 1 is 1.08 bits per heavy atom. The average molecular weight is 361 g/mol. The van der Waals surface area contributed by atoms with Crippen molar-refractivity contribution < 1.29 is 9.18 Å². The van der Waals surface area contributed by atoms with Gasteiger partial charge in [-0.2, -0.15) is 0 Å². The second-order valence-electron chi connectivity index (χ2n) is 6.78. The third kappa shape index (κ3) is 3.29. The van der Waals surface area contributed by atoms with E-state index in [2.05, 4.69) is 16.7 Å². The Hall–Kier alpha value is -1.91. The van der Waals surface area contributed by atoms with Gasteiger partial charge in [0.25, 0.3) is 0 Å². The number of carbonyl (C=O) groups excluding carboxylic acids is 1. The number of piperidine rings is 1. The molecule has 0 saturated carbocycles. The number of benzene rings is 2. The molecule has 2 saturated heterocycles. The molecule has 0 aromatic heterocycles. The second-order valence-corrected chi connectivity index (χ2v) is 6.78. The third-order valence-electron chi connectivity index (χ3n) is 5.28. The van der Waals surface area contributed by atoms with E-state index in [1.165, 1.54) is 6.07 Å². The van der Waals surface area contributed by atoms with Crippen molar-refractivity contribution in [3.05, 3.63) is 59.9 Å². The first kappa shape index (κ1) is 17.9. The predicted molar refractivity (Wildman–Crippen MR) is 99.2 cm³/mol. The van der Waals surface area contributed by atoms with Crippen LogP contribution >= 0.6 is 12.4 Å². The molecule has 132 valence electrons. The SMILES string of the molecule is Cl.O=C1NCCC[C@@]12CC[C@H](c1cccc(-c3ccccc3F)c1)N2. The van der Waals surface area contributed by atoms with Crippen LogP contribution in [0.2, 0.25) is 0 Å². The highest BCUT2D eigenvalue weighted by Crippen LogP contribution is 2.38. The van der Waals surface area contributed by atoms with E-state index in [0.717, 1.165) is 43.4 Å². The third-order valence-corrected chi connectivity index (χ3v) is 5.28. The van der Waals surface area contributed by atoms with Crippen LogP contribution < -0.4 is 10.6 Å². The number of halogens is 2. The fourth-order valence-corrected chi connectivity index (χ4v) is 3.99. The van der Waals surface area contributed by atoms with Crippen molar-refractivity contribution in [2.75, 3.05) is 6.54 Å². The molecule has 0 unspecified atom stereocenters. The fourth-order valence-electron chi connectivity index (χ4n) is 3.99.